The van der Waals surface area contributed by atoms with Gasteiger partial charge in [0, 0.05) is 20.1 Å². The molecule has 0 amide bonds. The Kier molecular flexibility index (Phi) is 5.53. The zero-order valence-electron chi connectivity index (χ0n) is 16.0. The highest BCUT2D eigenvalue weighted by atomic mass is 32.2. The molecule has 0 fully saturated rings. The highest BCUT2D eigenvalue weighted by Crippen LogP contribution is 2.17. The van der Waals surface area contributed by atoms with Crippen LogP contribution in [0.25, 0.3) is 11.0 Å². The first-order chi connectivity index (χ1) is 13.2. The minimum absolute atomic E-state index is 0.0558. The molecule has 3 rings (SSSR count). The Labute approximate surface area is 163 Å². The summed E-state index contributed by atoms with van der Waals surface area (Å²) in [5.74, 6) is 0. The van der Waals surface area contributed by atoms with Gasteiger partial charge in [0.05, 0.1) is 15.9 Å². The van der Waals surface area contributed by atoms with Gasteiger partial charge < -0.3 is 9.13 Å². The molecule has 0 saturated heterocycles. The molecule has 0 saturated carbocycles. The number of aromatic nitrogens is 2. The summed E-state index contributed by atoms with van der Waals surface area (Å²) < 4.78 is 30.6. The van der Waals surface area contributed by atoms with Crippen LogP contribution in [0.5, 0.6) is 0 Å². The predicted molar refractivity (Wildman–Crippen MR) is 109 cm³/mol. The molecule has 1 heterocycles. The maximum absolute atomic E-state index is 12.8. The smallest absolute Gasteiger partial charge is 0.305 e. The number of rotatable bonds is 6. The van der Waals surface area contributed by atoms with Gasteiger partial charge in [0.25, 0.3) is 0 Å². The normalized spacial score (nSPS) is 13.0. The van der Waals surface area contributed by atoms with E-state index in [0.29, 0.717) is 17.5 Å². The molecule has 1 N–H and O–H groups in total. The molecule has 0 spiro atoms. The molecule has 7 nitrogen and oxygen atoms in total. The number of hydrogen-bond donors (Lipinski definition) is 1. The van der Waals surface area contributed by atoms with Crippen molar-refractivity contribution in [3.05, 3.63) is 74.8 Å². The lowest BCUT2D eigenvalue weighted by Gasteiger charge is -2.15. The third kappa shape index (κ3) is 3.93. The Morgan fingerprint density at radius 3 is 2.18 bits per heavy atom. The maximum Gasteiger partial charge on any atom is 0.316 e. The van der Waals surface area contributed by atoms with Gasteiger partial charge in [-0.3, -0.25) is 9.59 Å². The van der Waals surface area contributed by atoms with E-state index in [0.717, 1.165) is 12.0 Å². The maximum atomic E-state index is 12.8. The fraction of sp³-hybridized carbons (Fsp3) is 0.300. The van der Waals surface area contributed by atoms with Crippen LogP contribution in [0.4, 0.5) is 0 Å². The lowest BCUT2D eigenvalue weighted by Crippen LogP contribution is -2.39. The van der Waals surface area contributed by atoms with E-state index in [-0.39, 0.29) is 10.9 Å². The Bertz CT molecular complexity index is 1230. The molecule has 1 aromatic heterocycles. The van der Waals surface area contributed by atoms with Crippen molar-refractivity contribution in [1.29, 1.82) is 0 Å². The van der Waals surface area contributed by atoms with Gasteiger partial charge in [-0.25, -0.2) is 13.1 Å². The van der Waals surface area contributed by atoms with Crippen molar-refractivity contribution >= 4 is 21.1 Å². The van der Waals surface area contributed by atoms with Crippen LogP contribution < -0.4 is 15.8 Å². The summed E-state index contributed by atoms with van der Waals surface area (Å²) in [7, 11) is -0.814. The Morgan fingerprint density at radius 1 is 0.929 bits per heavy atom. The van der Waals surface area contributed by atoms with Crippen molar-refractivity contribution < 1.29 is 8.42 Å². The molecule has 28 heavy (non-hydrogen) atoms. The van der Waals surface area contributed by atoms with E-state index in [9.17, 15) is 18.0 Å². The highest BCUT2D eigenvalue weighted by molar-refractivity contribution is 7.89. The molecule has 148 valence electrons. The van der Waals surface area contributed by atoms with Gasteiger partial charge in [0.2, 0.25) is 10.0 Å². The average molecular weight is 401 g/mol. The van der Waals surface area contributed by atoms with Crippen molar-refractivity contribution in [3.8, 4) is 0 Å². The second-order valence-electron chi connectivity index (χ2n) is 6.93. The van der Waals surface area contributed by atoms with Crippen LogP contribution in [0.15, 0.2) is 63.0 Å². The molecule has 0 radical (unpaired) electrons. The van der Waals surface area contributed by atoms with Gasteiger partial charge >= 0.3 is 11.1 Å². The number of nitrogens with one attached hydrogen (secondary N) is 1. The minimum atomic E-state index is -3.76. The molecule has 2 aromatic carbocycles. The van der Waals surface area contributed by atoms with Crippen molar-refractivity contribution in [2.24, 2.45) is 14.1 Å². The van der Waals surface area contributed by atoms with Crippen molar-refractivity contribution in [2.75, 3.05) is 0 Å². The monoisotopic (exact) mass is 401 g/mol. The summed E-state index contributed by atoms with van der Waals surface area (Å²) >= 11 is 0. The number of hydrogen-bond acceptors (Lipinski definition) is 4. The standard InChI is InChI=1S/C20H23N3O4S/c1-14(9-10-15-7-5-4-6-8-15)21-28(26,27)16-11-12-17-18(13-16)23(3)20(25)19(24)22(17)2/h4-8,11-14,21H,9-10H2,1-3H3/t14-/m0/s1. The van der Waals surface area contributed by atoms with Crippen molar-refractivity contribution in [1.82, 2.24) is 13.9 Å². The first kappa shape index (κ1) is 20.0. The van der Waals surface area contributed by atoms with Gasteiger partial charge in [-0.2, -0.15) is 0 Å². The third-order valence-electron chi connectivity index (χ3n) is 4.84. The Balaban J connectivity index is 1.86. The quantitative estimate of drug-likeness (QED) is 0.635. The number of nitrogens with zero attached hydrogens (tertiary/aromatic N) is 2. The summed E-state index contributed by atoms with van der Waals surface area (Å²) in [5, 5.41) is 0. The fourth-order valence-corrected chi connectivity index (χ4v) is 4.45. The van der Waals surface area contributed by atoms with Crippen LogP contribution in [0.1, 0.15) is 18.9 Å². The SMILES string of the molecule is C[C@@H](CCc1ccccc1)NS(=O)(=O)c1ccc2c(c1)n(C)c(=O)c(=O)n2C. The largest absolute Gasteiger partial charge is 0.316 e. The van der Waals surface area contributed by atoms with Gasteiger partial charge in [0.1, 0.15) is 0 Å². The van der Waals surface area contributed by atoms with E-state index < -0.39 is 21.1 Å². The second-order valence-corrected chi connectivity index (χ2v) is 8.64. The molecule has 0 aliphatic heterocycles. The lowest BCUT2D eigenvalue weighted by atomic mass is 10.1. The van der Waals surface area contributed by atoms with Crippen molar-refractivity contribution in [2.45, 2.75) is 30.7 Å². The average Bonchev–Trinajstić information content (AvgIpc) is 2.69. The number of aryl methyl sites for hydroxylation is 3. The molecular formula is C20H23N3O4S. The van der Waals surface area contributed by atoms with Crippen LogP contribution in [-0.2, 0) is 30.5 Å². The zero-order chi connectivity index (χ0) is 20.5. The van der Waals surface area contributed by atoms with Crippen LogP contribution in [0.2, 0.25) is 0 Å². The molecule has 0 aliphatic rings. The fourth-order valence-electron chi connectivity index (χ4n) is 3.15. The molecule has 1 atom stereocenters. The molecular weight excluding hydrogens is 378 g/mol. The summed E-state index contributed by atoms with van der Waals surface area (Å²) in [6.45, 7) is 1.82. The summed E-state index contributed by atoms with van der Waals surface area (Å²) in [4.78, 5) is 24.0. The van der Waals surface area contributed by atoms with Gasteiger partial charge in [-0.05, 0) is 43.5 Å². The van der Waals surface area contributed by atoms with Crippen molar-refractivity contribution in [3.63, 3.8) is 0 Å². The lowest BCUT2D eigenvalue weighted by molar-refractivity contribution is 0.547. The number of fused-ring (bicyclic) bond motifs is 1. The van der Waals surface area contributed by atoms with E-state index in [1.54, 1.807) is 6.07 Å². The zero-order valence-corrected chi connectivity index (χ0v) is 16.9. The summed E-state index contributed by atoms with van der Waals surface area (Å²) in [6.07, 6.45) is 1.42. The van der Waals surface area contributed by atoms with Gasteiger partial charge in [-0.1, -0.05) is 30.3 Å². The highest BCUT2D eigenvalue weighted by Gasteiger charge is 2.19. The summed E-state index contributed by atoms with van der Waals surface area (Å²) in [6, 6.07) is 14.0. The molecule has 0 unspecified atom stereocenters. The molecule has 3 aromatic rings. The van der Waals surface area contributed by atoms with Crippen LogP contribution >= 0.6 is 0 Å². The van der Waals surface area contributed by atoms with E-state index in [4.69, 9.17) is 0 Å². The first-order valence-electron chi connectivity index (χ1n) is 8.97. The molecule has 0 aliphatic carbocycles. The van der Waals surface area contributed by atoms with E-state index >= 15 is 0 Å². The van der Waals surface area contributed by atoms with E-state index in [1.165, 1.54) is 35.4 Å². The van der Waals surface area contributed by atoms with Crippen LogP contribution in [0, 0.1) is 0 Å². The Morgan fingerprint density at radius 2 is 1.54 bits per heavy atom. The second kappa shape index (κ2) is 7.73. The Hall–Kier alpha value is -2.71. The summed E-state index contributed by atoms with van der Waals surface area (Å²) in [5.41, 5.74) is 0.664. The van der Waals surface area contributed by atoms with Gasteiger partial charge in [0.15, 0.2) is 0 Å². The molecule has 8 heteroatoms. The predicted octanol–water partition coefficient (Wildman–Crippen LogP) is 1.54. The third-order valence-corrected chi connectivity index (χ3v) is 6.42. The van der Waals surface area contributed by atoms with E-state index in [1.807, 2.05) is 37.3 Å². The topological polar surface area (TPSA) is 90.2 Å². The van der Waals surface area contributed by atoms with E-state index in [2.05, 4.69) is 4.72 Å². The number of benzene rings is 2. The minimum Gasteiger partial charge on any atom is -0.305 e. The van der Waals surface area contributed by atoms with Crippen LogP contribution in [0.3, 0.4) is 0 Å². The number of sulfonamides is 1. The van der Waals surface area contributed by atoms with Gasteiger partial charge in [-0.15, -0.1) is 0 Å². The van der Waals surface area contributed by atoms with Crippen LogP contribution in [-0.4, -0.2) is 23.6 Å². The first-order valence-corrected chi connectivity index (χ1v) is 10.4. The molecule has 0 bridgehead atoms.